The number of nitrogens with one attached hydrogen (secondary N) is 2. The highest BCUT2D eigenvalue weighted by Crippen LogP contribution is 2.41. The van der Waals surface area contributed by atoms with Crippen LogP contribution in [0.3, 0.4) is 0 Å². The van der Waals surface area contributed by atoms with E-state index < -0.39 is 5.82 Å². The standard InChI is InChI=1S/C19H18FN7O2/c1-28-19-13(20)2-3-15(29-12-4-10(22)5-12)18(19)14-6-16(27-26-14)25-17-9-23-11(7-21)8-24-17/h2-3,6,8-10,12H,4-5,22H2,1H3,(H2,24,25,26,27)/t10-,12-. The van der Waals surface area contributed by atoms with Crippen molar-refractivity contribution in [3.63, 3.8) is 0 Å². The fourth-order valence-corrected chi connectivity index (χ4v) is 3.07. The number of aromatic nitrogens is 4. The van der Waals surface area contributed by atoms with Crippen molar-refractivity contribution in [2.45, 2.75) is 25.0 Å². The molecule has 148 valence electrons. The van der Waals surface area contributed by atoms with Crippen LogP contribution in [0.15, 0.2) is 30.6 Å². The van der Waals surface area contributed by atoms with Gasteiger partial charge in [0.15, 0.2) is 23.1 Å². The Morgan fingerprint density at radius 2 is 2.10 bits per heavy atom. The van der Waals surface area contributed by atoms with Crippen molar-refractivity contribution in [2.75, 3.05) is 12.4 Å². The summed E-state index contributed by atoms with van der Waals surface area (Å²) in [6, 6.07) is 6.58. The highest BCUT2D eigenvalue weighted by molar-refractivity contribution is 5.76. The van der Waals surface area contributed by atoms with Crippen LogP contribution in [0.2, 0.25) is 0 Å². The molecule has 29 heavy (non-hydrogen) atoms. The summed E-state index contributed by atoms with van der Waals surface area (Å²) in [7, 11) is 1.40. The van der Waals surface area contributed by atoms with E-state index in [0.29, 0.717) is 28.6 Å². The Morgan fingerprint density at radius 3 is 2.76 bits per heavy atom. The molecule has 1 saturated carbocycles. The molecular weight excluding hydrogens is 377 g/mol. The number of H-pyrrole nitrogens is 1. The van der Waals surface area contributed by atoms with Crippen molar-refractivity contribution in [3.05, 3.63) is 42.1 Å². The highest BCUT2D eigenvalue weighted by atomic mass is 19.1. The van der Waals surface area contributed by atoms with E-state index in [1.54, 1.807) is 12.1 Å². The van der Waals surface area contributed by atoms with E-state index in [1.807, 2.05) is 6.07 Å². The summed E-state index contributed by atoms with van der Waals surface area (Å²) in [4.78, 5) is 8.03. The summed E-state index contributed by atoms with van der Waals surface area (Å²) in [6.45, 7) is 0. The van der Waals surface area contributed by atoms with Crippen LogP contribution >= 0.6 is 0 Å². The molecule has 2 aromatic heterocycles. The van der Waals surface area contributed by atoms with Crippen LogP contribution in [-0.2, 0) is 0 Å². The summed E-state index contributed by atoms with van der Waals surface area (Å²) in [5.74, 6) is 0.866. The van der Waals surface area contributed by atoms with E-state index in [0.717, 1.165) is 12.8 Å². The number of nitrogens with two attached hydrogens (primary N) is 1. The number of methoxy groups -OCH3 is 1. The van der Waals surface area contributed by atoms with Gasteiger partial charge in [0.05, 0.1) is 30.8 Å². The van der Waals surface area contributed by atoms with Crippen molar-refractivity contribution >= 4 is 11.6 Å². The number of nitriles is 1. The number of hydrogen-bond acceptors (Lipinski definition) is 8. The molecule has 1 aliphatic carbocycles. The summed E-state index contributed by atoms with van der Waals surface area (Å²) in [5, 5.41) is 18.8. The number of aromatic amines is 1. The third-order valence-corrected chi connectivity index (χ3v) is 4.57. The number of anilines is 2. The molecule has 9 nitrogen and oxygen atoms in total. The lowest BCUT2D eigenvalue weighted by molar-refractivity contribution is 0.101. The first-order chi connectivity index (χ1) is 14.1. The third kappa shape index (κ3) is 3.81. The van der Waals surface area contributed by atoms with Gasteiger partial charge in [-0.1, -0.05) is 0 Å². The molecule has 3 aromatic rings. The first kappa shape index (κ1) is 18.6. The molecule has 0 unspecified atom stereocenters. The average Bonchev–Trinajstić information content (AvgIpc) is 3.16. The molecule has 0 radical (unpaired) electrons. The quantitative estimate of drug-likeness (QED) is 0.579. The number of hydrogen-bond donors (Lipinski definition) is 3. The Bertz CT molecular complexity index is 1060. The van der Waals surface area contributed by atoms with Crippen LogP contribution in [0.4, 0.5) is 16.0 Å². The van der Waals surface area contributed by atoms with E-state index in [4.69, 9.17) is 20.5 Å². The third-order valence-electron chi connectivity index (χ3n) is 4.57. The second-order valence-electron chi connectivity index (χ2n) is 6.62. The zero-order chi connectivity index (χ0) is 20.4. The Balaban J connectivity index is 1.63. The molecule has 0 saturated heterocycles. The molecule has 0 spiro atoms. The summed E-state index contributed by atoms with van der Waals surface area (Å²) in [5.41, 5.74) is 6.97. The van der Waals surface area contributed by atoms with Crippen LogP contribution < -0.4 is 20.5 Å². The van der Waals surface area contributed by atoms with Gasteiger partial charge in [0.2, 0.25) is 0 Å². The van der Waals surface area contributed by atoms with Gasteiger partial charge in [0.25, 0.3) is 0 Å². The van der Waals surface area contributed by atoms with E-state index in [9.17, 15) is 4.39 Å². The van der Waals surface area contributed by atoms with Crippen molar-refractivity contribution in [3.8, 4) is 28.8 Å². The second-order valence-corrected chi connectivity index (χ2v) is 6.62. The Labute approximate surface area is 165 Å². The van der Waals surface area contributed by atoms with Crippen LogP contribution in [-0.4, -0.2) is 39.4 Å². The molecule has 0 amide bonds. The number of nitrogens with zero attached hydrogens (tertiary/aromatic N) is 4. The van der Waals surface area contributed by atoms with Gasteiger partial charge in [0.1, 0.15) is 23.7 Å². The molecule has 4 rings (SSSR count). The molecular formula is C19H18FN7O2. The van der Waals surface area contributed by atoms with Gasteiger partial charge in [-0.25, -0.2) is 14.4 Å². The fourth-order valence-electron chi connectivity index (χ4n) is 3.07. The number of halogens is 1. The second kappa shape index (κ2) is 7.73. The van der Waals surface area contributed by atoms with Gasteiger partial charge in [-0.05, 0) is 25.0 Å². The lowest BCUT2D eigenvalue weighted by Crippen LogP contribution is -2.43. The summed E-state index contributed by atoms with van der Waals surface area (Å²) in [6.07, 6.45) is 4.23. The van der Waals surface area contributed by atoms with Gasteiger partial charge in [0, 0.05) is 12.1 Å². The number of ether oxygens (including phenoxy) is 2. The molecule has 1 fully saturated rings. The molecule has 4 N–H and O–H groups in total. The number of rotatable bonds is 6. The van der Waals surface area contributed by atoms with Crippen LogP contribution in [0.25, 0.3) is 11.3 Å². The van der Waals surface area contributed by atoms with Gasteiger partial charge in [-0.2, -0.15) is 10.4 Å². The number of benzene rings is 1. The van der Waals surface area contributed by atoms with Crippen LogP contribution in [0, 0.1) is 17.1 Å². The first-order valence-electron chi connectivity index (χ1n) is 8.91. The van der Waals surface area contributed by atoms with Gasteiger partial charge >= 0.3 is 0 Å². The first-order valence-corrected chi connectivity index (χ1v) is 8.91. The largest absolute Gasteiger partial charge is 0.493 e. The molecule has 0 atom stereocenters. The molecule has 0 aliphatic heterocycles. The highest BCUT2D eigenvalue weighted by Gasteiger charge is 2.30. The predicted octanol–water partition coefficient (Wildman–Crippen LogP) is 2.50. The van der Waals surface area contributed by atoms with Crippen LogP contribution in [0.1, 0.15) is 18.5 Å². The predicted molar refractivity (Wildman–Crippen MR) is 102 cm³/mol. The average molecular weight is 395 g/mol. The molecule has 10 heteroatoms. The van der Waals surface area contributed by atoms with Crippen molar-refractivity contribution in [2.24, 2.45) is 5.73 Å². The molecule has 2 heterocycles. The maximum atomic E-state index is 14.3. The summed E-state index contributed by atoms with van der Waals surface area (Å²) < 4.78 is 25.6. The smallest absolute Gasteiger partial charge is 0.167 e. The maximum absolute atomic E-state index is 14.3. The minimum atomic E-state index is -0.512. The monoisotopic (exact) mass is 395 g/mol. The van der Waals surface area contributed by atoms with E-state index >= 15 is 0 Å². The van der Waals surface area contributed by atoms with Crippen molar-refractivity contribution in [1.29, 1.82) is 5.26 Å². The maximum Gasteiger partial charge on any atom is 0.167 e. The van der Waals surface area contributed by atoms with Gasteiger partial charge in [-0.15, -0.1) is 0 Å². The molecule has 1 aliphatic rings. The van der Waals surface area contributed by atoms with E-state index in [-0.39, 0.29) is 23.6 Å². The zero-order valence-electron chi connectivity index (χ0n) is 15.5. The van der Waals surface area contributed by atoms with Crippen molar-refractivity contribution in [1.82, 2.24) is 20.2 Å². The van der Waals surface area contributed by atoms with Crippen LogP contribution in [0.5, 0.6) is 11.5 Å². The Kier molecular flexibility index (Phi) is 4.97. The van der Waals surface area contributed by atoms with E-state index in [2.05, 4.69) is 25.5 Å². The normalized spacial score (nSPS) is 17.9. The lowest BCUT2D eigenvalue weighted by atomic mass is 9.90. The van der Waals surface area contributed by atoms with Gasteiger partial charge in [-0.3, -0.25) is 5.10 Å². The molecule has 1 aromatic carbocycles. The fraction of sp³-hybridized carbons (Fsp3) is 0.263. The minimum absolute atomic E-state index is 0.0200. The minimum Gasteiger partial charge on any atom is -0.493 e. The van der Waals surface area contributed by atoms with E-state index in [1.165, 1.54) is 25.6 Å². The zero-order valence-corrected chi connectivity index (χ0v) is 15.5. The Morgan fingerprint density at radius 1 is 1.28 bits per heavy atom. The lowest BCUT2D eigenvalue weighted by Gasteiger charge is -2.33. The van der Waals surface area contributed by atoms with Crippen molar-refractivity contribution < 1.29 is 13.9 Å². The summed E-state index contributed by atoms with van der Waals surface area (Å²) >= 11 is 0. The Hall–Kier alpha value is -3.71. The SMILES string of the molecule is COc1c(F)ccc(O[C@H]2C[C@H](N)C2)c1-c1cc(Nc2cnc(C#N)cn2)n[nH]1. The molecule has 0 bridgehead atoms. The topological polar surface area (TPSA) is 135 Å². The van der Waals surface area contributed by atoms with Gasteiger partial charge < -0.3 is 20.5 Å².